The Kier molecular flexibility index (Phi) is 7.32. The Morgan fingerprint density at radius 1 is 1.10 bits per heavy atom. The lowest BCUT2D eigenvalue weighted by atomic mass is 9.90. The SMILES string of the molecule is Cc1cc(OCCN2CCCC2=O)cc(C)c1-c1ccc(F)c2c1CC[C@H]2Oc1ccc2c(c1)OC[C@H]2CC(=O)O. The fourth-order valence-corrected chi connectivity index (χ4v) is 6.55. The lowest BCUT2D eigenvalue weighted by molar-refractivity contribution is -0.137. The minimum absolute atomic E-state index is 0.0166. The van der Waals surface area contributed by atoms with E-state index >= 15 is 4.39 Å². The molecule has 0 bridgehead atoms. The number of fused-ring (bicyclic) bond motifs is 2. The zero-order valence-electron chi connectivity index (χ0n) is 23.4. The largest absolute Gasteiger partial charge is 0.492 e. The van der Waals surface area contributed by atoms with Crippen molar-refractivity contribution in [2.45, 2.75) is 58.0 Å². The monoisotopic (exact) mass is 559 g/mol. The lowest BCUT2D eigenvalue weighted by Crippen LogP contribution is -2.29. The fourth-order valence-electron chi connectivity index (χ4n) is 6.55. The molecule has 2 aliphatic heterocycles. The normalized spacial score (nSPS) is 19.2. The third-order valence-electron chi connectivity index (χ3n) is 8.42. The summed E-state index contributed by atoms with van der Waals surface area (Å²) >= 11 is 0. The third kappa shape index (κ3) is 5.35. The molecule has 0 radical (unpaired) electrons. The van der Waals surface area contributed by atoms with Crippen molar-refractivity contribution >= 4 is 11.9 Å². The number of halogens is 1. The third-order valence-corrected chi connectivity index (χ3v) is 8.42. The molecule has 1 saturated heterocycles. The number of carboxylic acid groups (broad SMARTS) is 1. The Labute approximate surface area is 238 Å². The first-order valence-corrected chi connectivity index (χ1v) is 14.3. The Hall–Kier alpha value is -4.07. The molecule has 0 aromatic heterocycles. The summed E-state index contributed by atoms with van der Waals surface area (Å²) in [6.45, 7) is 6.25. The second-order valence-corrected chi connectivity index (χ2v) is 11.2. The van der Waals surface area contributed by atoms with Crippen LogP contribution in [0.5, 0.6) is 17.2 Å². The molecule has 41 heavy (non-hydrogen) atoms. The van der Waals surface area contributed by atoms with Gasteiger partial charge in [-0.25, -0.2) is 4.39 Å². The first-order valence-electron chi connectivity index (χ1n) is 14.3. The maximum absolute atomic E-state index is 15.3. The maximum Gasteiger partial charge on any atom is 0.304 e. The molecule has 214 valence electrons. The van der Waals surface area contributed by atoms with Crippen LogP contribution >= 0.6 is 0 Å². The molecule has 7 nitrogen and oxygen atoms in total. The van der Waals surface area contributed by atoms with Gasteiger partial charge in [0.25, 0.3) is 0 Å². The Morgan fingerprint density at radius 3 is 2.63 bits per heavy atom. The van der Waals surface area contributed by atoms with Crippen LogP contribution < -0.4 is 14.2 Å². The quantitative estimate of drug-likeness (QED) is 0.340. The number of likely N-dealkylation sites (tertiary alicyclic amines) is 1. The number of benzene rings is 3. The predicted octanol–water partition coefficient (Wildman–Crippen LogP) is 6.13. The molecule has 1 aliphatic carbocycles. The standard InChI is InChI=1S/C33H34FNO6/c1-19-14-23(39-13-12-35-11-3-4-30(35)36)15-20(2)32(19)25-7-9-27(34)33-26(25)8-10-28(33)41-22-5-6-24-21(16-31(37)38)18-40-29(24)17-22/h5-7,9,14-15,17,21,28H,3-4,8,10-13,16,18H2,1-2H3,(H,37,38)/t21-,28-/m1/s1. The number of hydrogen-bond donors (Lipinski definition) is 1. The number of aryl methyl sites for hydroxylation is 2. The van der Waals surface area contributed by atoms with Crippen molar-refractivity contribution in [3.05, 3.63) is 76.1 Å². The average molecular weight is 560 g/mol. The fraction of sp³-hybridized carbons (Fsp3) is 0.394. The maximum atomic E-state index is 15.3. The van der Waals surface area contributed by atoms with E-state index < -0.39 is 12.1 Å². The zero-order valence-corrected chi connectivity index (χ0v) is 23.4. The summed E-state index contributed by atoms with van der Waals surface area (Å²) in [6, 6.07) is 12.8. The van der Waals surface area contributed by atoms with Gasteiger partial charge in [0.05, 0.1) is 19.6 Å². The van der Waals surface area contributed by atoms with Gasteiger partial charge in [-0.3, -0.25) is 9.59 Å². The molecule has 1 amide bonds. The van der Waals surface area contributed by atoms with Gasteiger partial charge in [0.1, 0.15) is 35.8 Å². The van der Waals surface area contributed by atoms with Crippen LogP contribution in [-0.4, -0.2) is 48.2 Å². The second kappa shape index (κ2) is 11.1. The molecule has 0 saturated carbocycles. The van der Waals surface area contributed by atoms with E-state index in [1.165, 1.54) is 6.07 Å². The minimum Gasteiger partial charge on any atom is -0.492 e. The van der Waals surface area contributed by atoms with E-state index in [2.05, 4.69) is 0 Å². The molecular formula is C33H34FNO6. The highest BCUT2D eigenvalue weighted by atomic mass is 19.1. The van der Waals surface area contributed by atoms with Crippen molar-refractivity contribution in [1.82, 2.24) is 4.90 Å². The van der Waals surface area contributed by atoms with Crippen LogP contribution in [0, 0.1) is 19.7 Å². The number of carbonyl (C=O) groups excluding carboxylic acids is 1. The highest BCUT2D eigenvalue weighted by molar-refractivity contribution is 5.78. The van der Waals surface area contributed by atoms with E-state index in [1.807, 2.05) is 49.1 Å². The smallest absolute Gasteiger partial charge is 0.304 e. The second-order valence-electron chi connectivity index (χ2n) is 11.2. The molecule has 3 aromatic carbocycles. The van der Waals surface area contributed by atoms with E-state index in [9.17, 15) is 9.59 Å². The molecule has 2 atom stereocenters. The Bertz CT molecular complexity index is 1490. The minimum atomic E-state index is -0.858. The van der Waals surface area contributed by atoms with Crippen LogP contribution in [0.4, 0.5) is 4.39 Å². The van der Waals surface area contributed by atoms with E-state index in [0.29, 0.717) is 56.1 Å². The Balaban J connectivity index is 1.20. The molecule has 1 N–H and O–H groups in total. The van der Waals surface area contributed by atoms with Gasteiger partial charge in [-0.2, -0.15) is 0 Å². The van der Waals surface area contributed by atoms with Crippen molar-refractivity contribution in [1.29, 1.82) is 0 Å². The van der Waals surface area contributed by atoms with Crippen LogP contribution in [0.3, 0.4) is 0 Å². The van der Waals surface area contributed by atoms with Gasteiger partial charge < -0.3 is 24.2 Å². The van der Waals surface area contributed by atoms with E-state index in [0.717, 1.165) is 52.1 Å². The van der Waals surface area contributed by atoms with Gasteiger partial charge in [0.2, 0.25) is 5.91 Å². The van der Waals surface area contributed by atoms with Crippen LogP contribution in [0.2, 0.25) is 0 Å². The van der Waals surface area contributed by atoms with E-state index in [1.54, 1.807) is 6.07 Å². The molecule has 8 heteroatoms. The average Bonchev–Trinajstić information content (AvgIpc) is 3.64. The summed E-state index contributed by atoms with van der Waals surface area (Å²) in [5.41, 5.74) is 6.57. The Morgan fingerprint density at radius 2 is 1.90 bits per heavy atom. The van der Waals surface area contributed by atoms with Crippen LogP contribution in [0.15, 0.2) is 42.5 Å². The summed E-state index contributed by atoms with van der Waals surface area (Å²) < 4.78 is 33.3. The zero-order chi connectivity index (χ0) is 28.7. The number of rotatable bonds is 9. The number of aliphatic carboxylic acids is 1. The van der Waals surface area contributed by atoms with E-state index in [-0.39, 0.29) is 24.1 Å². The summed E-state index contributed by atoms with van der Waals surface area (Å²) in [5.74, 6) is 0.841. The molecule has 1 fully saturated rings. The van der Waals surface area contributed by atoms with Crippen molar-refractivity contribution in [3.8, 4) is 28.4 Å². The summed E-state index contributed by atoms with van der Waals surface area (Å²) in [6.07, 6.45) is 2.46. The van der Waals surface area contributed by atoms with Crippen LogP contribution in [0.1, 0.15) is 65.5 Å². The van der Waals surface area contributed by atoms with Gasteiger partial charge in [0, 0.05) is 36.1 Å². The molecule has 0 unspecified atom stereocenters. The van der Waals surface area contributed by atoms with Crippen molar-refractivity contribution < 1.29 is 33.3 Å². The summed E-state index contributed by atoms with van der Waals surface area (Å²) in [7, 11) is 0. The predicted molar refractivity (Wildman–Crippen MR) is 151 cm³/mol. The first kappa shape index (κ1) is 27.1. The highest BCUT2D eigenvalue weighted by Gasteiger charge is 2.32. The first-order chi connectivity index (χ1) is 19.8. The number of carboxylic acids is 1. The number of carbonyl (C=O) groups is 2. The molecular weight excluding hydrogens is 525 g/mol. The van der Waals surface area contributed by atoms with Crippen LogP contribution in [-0.2, 0) is 16.0 Å². The molecule has 0 spiro atoms. The molecule has 3 aromatic rings. The number of ether oxygens (including phenoxy) is 3. The summed E-state index contributed by atoms with van der Waals surface area (Å²) in [5, 5.41) is 9.16. The van der Waals surface area contributed by atoms with E-state index in [4.69, 9.17) is 19.3 Å². The topological polar surface area (TPSA) is 85.3 Å². The highest BCUT2D eigenvalue weighted by Crippen LogP contribution is 2.45. The molecule has 3 aliphatic rings. The van der Waals surface area contributed by atoms with Crippen molar-refractivity contribution in [2.75, 3.05) is 26.3 Å². The van der Waals surface area contributed by atoms with Crippen molar-refractivity contribution in [2.24, 2.45) is 0 Å². The number of nitrogens with zero attached hydrogens (tertiary/aromatic N) is 1. The number of hydrogen-bond acceptors (Lipinski definition) is 5. The van der Waals surface area contributed by atoms with Gasteiger partial charge in [-0.1, -0.05) is 12.1 Å². The van der Waals surface area contributed by atoms with Crippen LogP contribution in [0.25, 0.3) is 11.1 Å². The lowest BCUT2D eigenvalue weighted by Gasteiger charge is -2.20. The van der Waals surface area contributed by atoms with Gasteiger partial charge in [0.15, 0.2) is 0 Å². The molecule has 6 rings (SSSR count). The van der Waals surface area contributed by atoms with Gasteiger partial charge in [-0.05, 0) is 85.2 Å². The van der Waals surface area contributed by atoms with Crippen molar-refractivity contribution in [3.63, 3.8) is 0 Å². The van der Waals surface area contributed by atoms with Gasteiger partial charge in [-0.15, -0.1) is 0 Å². The summed E-state index contributed by atoms with van der Waals surface area (Å²) in [4.78, 5) is 24.9. The number of amides is 1. The molecule has 2 heterocycles. The van der Waals surface area contributed by atoms with Gasteiger partial charge >= 0.3 is 5.97 Å².